The van der Waals surface area contributed by atoms with Crippen LogP contribution < -0.4 is 0 Å². The van der Waals surface area contributed by atoms with Crippen LogP contribution in [0.3, 0.4) is 0 Å². The average molecular weight is 401 g/mol. The van der Waals surface area contributed by atoms with E-state index in [2.05, 4.69) is 47.1 Å². The molecule has 0 saturated carbocycles. The van der Waals surface area contributed by atoms with Gasteiger partial charge in [-0.1, -0.05) is 24.3 Å². The Morgan fingerprint density at radius 1 is 1.21 bits per heavy atom. The first-order chi connectivity index (χ1) is 14.1. The molecule has 1 aromatic heterocycles. The number of hydrogen-bond donors (Lipinski definition) is 2. The molecule has 0 amide bonds. The fourth-order valence-electron chi connectivity index (χ4n) is 5.13. The molecule has 1 saturated heterocycles. The van der Waals surface area contributed by atoms with Crippen molar-refractivity contribution < 1.29 is 19.3 Å². The second-order valence-corrected chi connectivity index (χ2v) is 8.12. The van der Waals surface area contributed by atoms with Gasteiger partial charge in [-0.25, -0.2) is 0 Å². The Balaban J connectivity index is 1.60. The molecule has 2 aromatic rings. The Morgan fingerprint density at radius 3 is 2.79 bits per heavy atom. The lowest BCUT2D eigenvalue weighted by atomic mass is 9.72. The first-order valence-corrected chi connectivity index (χ1v) is 10.4. The van der Waals surface area contributed by atoms with Gasteiger partial charge in [0.1, 0.15) is 12.4 Å². The summed E-state index contributed by atoms with van der Waals surface area (Å²) < 4.78 is 16.0. The Morgan fingerprint density at radius 2 is 2.00 bits per heavy atom. The third-order valence-corrected chi connectivity index (χ3v) is 6.82. The van der Waals surface area contributed by atoms with E-state index in [1.54, 1.807) is 7.11 Å². The number of benzene rings is 1. The summed E-state index contributed by atoms with van der Waals surface area (Å²) in [6.45, 7) is 7.60. The lowest BCUT2D eigenvalue weighted by Gasteiger charge is -2.47. The zero-order valence-electron chi connectivity index (χ0n) is 17.7. The summed E-state index contributed by atoms with van der Waals surface area (Å²) in [4.78, 5) is 6.06. The predicted molar refractivity (Wildman–Crippen MR) is 113 cm³/mol. The van der Waals surface area contributed by atoms with E-state index in [4.69, 9.17) is 14.2 Å². The molecule has 0 bridgehead atoms. The number of para-hydroxylation sites is 1. The summed E-state index contributed by atoms with van der Waals surface area (Å²) in [7, 11) is 1.65. The molecule has 0 spiro atoms. The standard InChI is InChI=1S/C23H32N2O4/c1-4-17-15-25-11-9-19-18-7-5-6-8-20(18)24-21(19)22(25,2)23(17,26)10-12-28-16-29-14-13-27-3/h4-8,24,26H,9-16H2,1-3H3/b17-4-/t22-,23-/m0/s1. The van der Waals surface area contributed by atoms with Crippen LogP contribution in [-0.2, 0) is 26.2 Å². The quantitative estimate of drug-likeness (QED) is 0.405. The Labute approximate surface area is 172 Å². The SMILES string of the molecule is C/C=C1/CN2CCc3c([nH]c4ccccc34)[C@@]2(C)[C@]1(O)CCOCOCCOC. The number of aromatic amines is 1. The third-order valence-electron chi connectivity index (χ3n) is 6.82. The number of ether oxygens (including phenoxy) is 3. The monoisotopic (exact) mass is 400 g/mol. The van der Waals surface area contributed by atoms with Gasteiger partial charge in [0.15, 0.2) is 0 Å². The summed E-state index contributed by atoms with van der Waals surface area (Å²) in [5.74, 6) is 0. The molecular formula is C23H32N2O4. The van der Waals surface area contributed by atoms with Crippen molar-refractivity contribution in [3.8, 4) is 0 Å². The van der Waals surface area contributed by atoms with Gasteiger partial charge in [-0.15, -0.1) is 0 Å². The van der Waals surface area contributed by atoms with Crippen LogP contribution in [0.15, 0.2) is 35.9 Å². The van der Waals surface area contributed by atoms with Gasteiger partial charge in [0, 0.05) is 43.2 Å². The van der Waals surface area contributed by atoms with Gasteiger partial charge in [0.05, 0.1) is 25.4 Å². The molecule has 2 atom stereocenters. The molecule has 3 heterocycles. The summed E-state index contributed by atoms with van der Waals surface area (Å²) in [6.07, 6.45) is 3.58. The molecule has 6 nitrogen and oxygen atoms in total. The Kier molecular flexibility index (Phi) is 5.82. The van der Waals surface area contributed by atoms with Crippen LogP contribution in [-0.4, -0.2) is 67.4 Å². The first-order valence-electron chi connectivity index (χ1n) is 10.4. The van der Waals surface area contributed by atoms with Gasteiger partial charge in [-0.2, -0.15) is 0 Å². The predicted octanol–water partition coefficient (Wildman–Crippen LogP) is 2.96. The Bertz CT molecular complexity index is 892. The van der Waals surface area contributed by atoms with E-state index in [0.29, 0.717) is 26.2 Å². The molecule has 0 aliphatic carbocycles. The first kappa shape index (κ1) is 20.6. The van der Waals surface area contributed by atoms with Crippen molar-refractivity contribution >= 4 is 10.9 Å². The van der Waals surface area contributed by atoms with Crippen LogP contribution >= 0.6 is 0 Å². The number of methoxy groups -OCH3 is 1. The van der Waals surface area contributed by atoms with E-state index in [9.17, 15) is 5.11 Å². The lowest BCUT2D eigenvalue weighted by molar-refractivity contribution is -0.0990. The van der Waals surface area contributed by atoms with Gasteiger partial charge >= 0.3 is 0 Å². The molecule has 1 fully saturated rings. The van der Waals surface area contributed by atoms with Gasteiger partial charge in [0.25, 0.3) is 0 Å². The number of H-pyrrole nitrogens is 1. The van der Waals surface area contributed by atoms with Crippen molar-refractivity contribution in [2.45, 2.75) is 37.8 Å². The van der Waals surface area contributed by atoms with Crippen molar-refractivity contribution in [3.05, 3.63) is 47.2 Å². The topological polar surface area (TPSA) is 67.0 Å². The van der Waals surface area contributed by atoms with Crippen LogP contribution in [0.4, 0.5) is 0 Å². The van der Waals surface area contributed by atoms with Crippen molar-refractivity contribution in [2.75, 3.05) is 46.8 Å². The number of aliphatic hydroxyl groups is 1. The second kappa shape index (κ2) is 8.20. The Hall–Kier alpha value is -1.70. The van der Waals surface area contributed by atoms with E-state index in [1.165, 1.54) is 10.9 Å². The van der Waals surface area contributed by atoms with Crippen LogP contribution in [0.25, 0.3) is 10.9 Å². The minimum Gasteiger partial charge on any atom is -0.383 e. The largest absolute Gasteiger partial charge is 0.383 e. The van der Waals surface area contributed by atoms with E-state index in [-0.39, 0.29) is 6.79 Å². The highest BCUT2D eigenvalue weighted by Gasteiger charge is 2.61. The van der Waals surface area contributed by atoms with E-state index < -0.39 is 11.1 Å². The normalized spacial score (nSPS) is 28.2. The van der Waals surface area contributed by atoms with E-state index in [0.717, 1.165) is 36.3 Å². The van der Waals surface area contributed by atoms with E-state index in [1.807, 2.05) is 6.92 Å². The minimum atomic E-state index is -0.996. The fraction of sp³-hybridized carbons (Fsp3) is 0.565. The fourth-order valence-corrected chi connectivity index (χ4v) is 5.13. The highest BCUT2D eigenvalue weighted by molar-refractivity contribution is 5.85. The molecule has 0 unspecified atom stereocenters. The molecule has 6 heteroatoms. The molecule has 1 aromatic carbocycles. The second-order valence-electron chi connectivity index (χ2n) is 8.12. The van der Waals surface area contributed by atoms with Crippen LogP contribution in [0.5, 0.6) is 0 Å². The zero-order chi connectivity index (χ0) is 20.5. The maximum atomic E-state index is 12.0. The molecule has 0 radical (unpaired) electrons. The molecule has 2 aliphatic rings. The molecule has 158 valence electrons. The molecule has 29 heavy (non-hydrogen) atoms. The highest BCUT2D eigenvalue weighted by Crippen LogP contribution is 2.53. The summed E-state index contributed by atoms with van der Waals surface area (Å²) in [5.41, 5.74) is 3.17. The van der Waals surface area contributed by atoms with Gasteiger partial charge in [-0.3, -0.25) is 4.90 Å². The number of aromatic nitrogens is 1. The maximum Gasteiger partial charge on any atom is 0.146 e. The van der Waals surface area contributed by atoms with Crippen molar-refractivity contribution in [3.63, 3.8) is 0 Å². The summed E-state index contributed by atoms with van der Waals surface area (Å²) in [5, 5.41) is 13.3. The number of nitrogens with one attached hydrogen (secondary N) is 1. The molecule has 2 aliphatic heterocycles. The van der Waals surface area contributed by atoms with Gasteiger partial charge in [-0.05, 0) is 37.5 Å². The highest BCUT2D eigenvalue weighted by atomic mass is 16.7. The van der Waals surface area contributed by atoms with Gasteiger partial charge < -0.3 is 24.3 Å². The van der Waals surface area contributed by atoms with Crippen LogP contribution in [0.1, 0.15) is 31.5 Å². The smallest absolute Gasteiger partial charge is 0.146 e. The lowest BCUT2D eigenvalue weighted by Crippen LogP contribution is -2.57. The third kappa shape index (κ3) is 3.23. The number of fused-ring (bicyclic) bond motifs is 5. The number of rotatable bonds is 8. The molecule has 2 N–H and O–H groups in total. The number of allylic oxidation sites excluding steroid dienone is 1. The number of hydrogen-bond acceptors (Lipinski definition) is 5. The maximum absolute atomic E-state index is 12.0. The van der Waals surface area contributed by atoms with E-state index >= 15 is 0 Å². The summed E-state index contributed by atoms with van der Waals surface area (Å²) >= 11 is 0. The van der Waals surface area contributed by atoms with Gasteiger partial charge in [0.2, 0.25) is 0 Å². The van der Waals surface area contributed by atoms with Crippen molar-refractivity contribution in [1.29, 1.82) is 0 Å². The number of nitrogens with zero attached hydrogens (tertiary/aromatic N) is 1. The van der Waals surface area contributed by atoms with Crippen LogP contribution in [0.2, 0.25) is 0 Å². The van der Waals surface area contributed by atoms with Crippen LogP contribution in [0, 0.1) is 0 Å². The molecular weight excluding hydrogens is 368 g/mol. The van der Waals surface area contributed by atoms with Crippen molar-refractivity contribution in [2.24, 2.45) is 0 Å². The minimum absolute atomic E-state index is 0.211. The van der Waals surface area contributed by atoms with Crippen molar-refractivity contribution in [1.82, 2.24) is 9.88 Å². The summed E-state index contributed by atoms with van der Waals surface area (Å²) in [6, 6.07) is 8.43. The zero-order valence-corrected chi connectivity index (χ0v) is 17.7. The average Bonchev–Trinajstić information content (AvgIpc) is 3.21. The molecule has 4 rings (SSSR count).